The fourth-order valence-electron chi connectivity index (χ4n) is 3.67. The third-order valence-corrected chi connectivity index (χ3v) is 5.14. The molecule has 0 spiro atoms. The molecule has 1 unspecified atom stereocenters. The average Bonchev–Trinajstić information content (AvgIpc) is 3.09. The Morgan fingerprint density at radius 3 is 2.86 bits per heavy atom. The number of carbonyl (C=O) groups is 2. The van der Waals surface area contributed by atoms with Crippen LogP contribution in [0.25, 0.3) is 0 Å². The number of likely N-dealkylation sites (tertiary alicyclic amines) is 1. The van der Waals surface area contributed by atoms with Crippen molar-refractivity contribution in [3.8, 4) is 5.88 Å². The van der Waals surface area contributed by atoms with Gasteiger partial charge in [-0.3, -0.25) is 9.69 Å². The summed E-state index contributed by atoms with van der Waals surface area (Å²) in [5, 5.41) is 0. The lowest BCUT2D eigenvalue weighted by atomic mass is 10.1. The van der Waals surface area contributed by atoms with Gasteiger partial charge < -0.3 is 14.5 Å². The Balaban J connectivity index is 1.34. The highest BCUT2D eigenvalue weighted by molar-refractivity contribution is 5.96. The molecule has 0 N–H and O–H groups in total. The van der Waals surface area contributed by atoms with Crippen molar-refractivity contribution in [2.24, 2.45) is 0 Å². The molecule has 2 aliphatic heterocycles. The van der Waals surface area contributed by atoms with E-state index in [4.69, 9.17) is 4.74 Å². The van der Waals surface area contributed by atoms with Crippen LogP contribution in [0.2, 0.25) is 0 Å². The van der Waals surface area contributed by atoms with E-state index in [1.54, 1.807) is 35.4 Å². The first-order valence-electron chi connectivity index (χ1n) is 9.63. The average molecular weight is 399 g/mol. The minimum Gasteiger partial charge on any atom is -0.472 e. The Hall–Kier alpha value is -3.23. The molecule has 1 aromatic carbocycles. The molecule has 152 valence electrons. The van der Waals surface area contributed by atoms with Gasteiger partial charge in [0.25, 0.3) is 0 Å². The Morgan fingerprint density at radius 2 is 2.07 bits per heavy atom. The summed E-state index contributed by atoms with van der Waals surface area (Å²) in [7, 11) is 0. The zero-order chi connectivity index (χ0) is 20.2. The molecule has 0 bridgehead atoms. The minimum absolute atomic E-state index is 0.0238. The number of nitrogens with zero attached hydrogens (tertiary/aromatic N) is 5. The second-order valence-electron chi connectivity index (χ2n) is 7.08. The normalized spacial score (nSPS) is 19.6. The fourth-order valence-corrected chi connectivity index (χ4v) is 3.67. The van der Waals surface area contributed by atoms with Crippen LogP contribution in [0.15, 0.2) is 42.9 Å². The highest BCUT2D eigenvalue weighted by atomic mass is 19.1. The van der Waals surface area contributed by atoms with Gasteiger partial charge in [-0.2, -0.15) is 0 Å². The first-order valence-corrected chi connectivity index (χ1v) is 9.63. The SMILES string of the molecule is O=C(CN1CCN(c2ccccc2F)C1=O)N1CCCC(Oc2ccncn2)C1. The highest BCUT2D eigenvalue weighted by Crippen LogP contribution is 2.23. The van der Waals surface area contributed by atoms with Gasteiger partial charge >= 0.3 is 6.03 Å². The van der Waals surface area contributed by atoms with Gasteiger partial charge in [-0.25, -0.2) is 19.2 Å². The molecule has 0 saturated carbocycles. The van der Waals surface area contributed by atoms with Crippen LogP contribution in [0, 0.1) is 5.82 Å². The third-order valence-electron chi connectivity index (χ3n) is 5.14. The molecule has 8 nitrogen and oxygen atoms in total. The van der Waals surface area contributed by atoms with Crippen LogP contribution in [0.3, 0.4) is 0 Å². The summed E-state index contributed by atoms with van der Waals surface area (Å²) in [4.78, 5) is 37.9. The van der Waals surface area contributed by atoms with Gasteiger partial charge in [0.15, 0.2) is 0 Å². The van der Waals surface area contributed by atoms with Crippen molar-refractivity contribution in [1.29, 1.82) is 0 Å². The Bertz CT molecular complexity index is 881. The van der Waals surface area contributed by atoms with Crippen LogP contribution in [-0.4, -0.2) is 70.5 Å². The van der Waals surface area contributed by atoms with Gasteiger partial charge in [-0.15, -0.1) is 0 Å². The molecule has 0 aliphatic carbocycles. The number of carbonyl (C=O) groups excluding carboxylic acids is 2. The number of rotatable bonds is 5. The predicted octanol–water partition coefficient (Wildman–Crippen LogP) is 1.93. The number of aromatic nitrogens is 2. The predicted molar refractivity (Wildman–Crippen MR) is 103 cm³/mol. The smallest absolute Gasteiger partial charge is 0.325 e. The lowest BCUT2D eigenvalue weighted by molar-refractivity contribution is -0.134. The Morgan fingerprint density at radius 1 is 1.21 bits per heavy atom. The van der Waals surface area contributed by atoms with Crippen LogP contribution in [0.5, 0.6) is 5.88 Å². The summed E-state index contributed by atoms with van der Waals surface area (Å²) < 4.78 is 19.8. The number of halogens is 1. The van der Waals surface area contributed by atoms with E-state index in [0.717, 1.165) is 12.8 Å². The fraction of sp³-hybridized carbons (Fsp3) is 0.400. The number of benzene rings is 1. The first-order chi connectivity index (χ1) is 14.1. The van der Waals surface area contributed by atoms with Crippen molar-refractivity contribution < 1.29 is 18.7 Å². The zero-order valence-corrected chi connectivity index (χ0v) is 15.9. The first kappa shape index (κ1) is 19.1. The molecule has 1 atom stereocenters. The number of para-hydroxylation sites is 1. The van der Waals surface area contributed by atoms with Gasteiger partial charge in [0.2, 0.25) is 11.8 Å². The van der Waals surface area contributed by atoms with Gasteiger partial charge in [0.05, 0.1) is 12.2 Å². The van der Waals surface area contributed by atoms with Gasteiger partial charge in [0, 0.05) is 31.9 Å². The topological polar surface area (TPSA) is 78.9 Å². The largest absolute Gasteiger partial charge is 0.472 e. The maximum absolute atomic E-state index is 14.0. The van der Waals surface area contributed by atoms with Gasteiger partial charge in [-0.05, 0) is 25.0 Å². The van der Waals surface area contributed by atoms with Gasteiger partial charge in [0.1, 0.15) is 24.8 Å². The van der Waals surface area contributed by atoms with Crippen molar-refractivity contribution >= 4 is 17.6 Å². The number of urea groups is 1. The number of piperidine rings is 1. The molecule has 2 saturated heterocycles. The quantitative estimate of drug-likeness (QED) is 0.768. The molecule has 3 amide bonds. The van der Waals surface area contributed by atoms with Crippen LogP contribution in [0.4, 0.5) is 14.9 Å². The number of ether oxygens (including phenoxy) is 1. The lowest BCUT2D eigenvalue weighted by Gasteiger charge is -2.33. The summed E-state index contributed by atoms with van der Waals surface area (Å²) >= 11 is 0. The number of anilines is 1. The van der Waals surface area contributed by atoms with Crippen molar-refractivity contribution in [2.75, 3.05) is 37.6 Å². The van der Waals surface area contributed by atoms with E-state index >= 15 is 0 Å². The van der Waals surface area contributed by atoms with Crippen molar-refractivity contribution in [3.63, 3.8) is 0 Å². The number of hydrogen-bond donors (Lipinski definition) is 0. The second kappa shape index (κ2) is 8.42. The molecule has 4 rings (SSSR count). The lowest BCUT2D eigenvalue weighted by Crippen LogP contribution is -2.48. The molecule has 2 aliphatic rings. The molecule has 2 fully saturated rings. The van der Waals surface area contributed by atoms with Crippen LogP contribution in [-0.2, 0) is 4.79 Å². The summed E-state index contributed by atoms with van der Waals surface area (Å²) in [6, 6.07) is 7.48. The highest BCUT2D eigenvalue weighted by Gasteiger charge is 2.34. The molecule has 3 heterocycles. The van der Waals surface area contributed by atoms with Crippen molar-refractivity contribution in [1.82, 2.24) is 19.8 Å². The van der Waals surface area contributed by atoms with E-state index in [9.17, 15) is 14.0 Å². The molecular formula is C20H22FN5O3. The molecule has 2 aromatic rings. The summed E-state index contributed by atoms with van der Waals surface area (Å²) in [6.45, 7) is 1.79. The van der Waals surface area contributed by atoms with Crippen LogP contribution >= 0.6 is 0 Å². The van der Waals surface area contributed by atoms with Crippen molar-refractivity contribution in [2.45, 2.75) is 18.9 Å². The summed E-state index contributed by atoms with van der Waals surface area (Å²) in [6.07, 6.45) is 4.52. The summed E-state index contributed by atoms with van der Waals surface area (Å²) in [5.74, 6) is -0.103. The molecule has 9 heteroatoms. The maximum Gasteiger partial charge on any atom is 0.325 e. The Labute approximate surface area is 167 Å². The third kappa shape index (κ3) is 4.28. The molecule has 0 radical (unpaired) electrons. The number of hydrogen-bond acceptors (Lipinski definition) is 5. The molecular weight excluding hydrogens is 377 g/mol. The Kier molecular flexibility index (Phi) is 5.55. The molecule has 1 aromatic heterocycles. The summed E-state index contributed by atoms with van der Waals surface area (Å²) in [5.41, 5.74) is 0.240. The monoisotopic (exact) mass is 399 g/mol. The van der Waals surface area contributed by atoms with E-state index in [-0.39, 0.29) is 30.3 Å². The number of amides is 3. The maximum atomic E-state index is 14.0. The van der Waals surface area contributed by atoms with Crippen LogP contribution in [0.1, 0.15) is 12.8 Å². The zero-order valence-electron chi connectivity index (χ0n) is 15.9. The van der Waals surface area contributed by atoms with Crippen LogP contribution < -0.4 is 9.64 Å². The van der Waals surface area contributed by atoms with E-state index in [1.165, 1.54) is 22.2 Å². The standard InChI is InChI=1S/C20H22FN5O3/c21-16-5-1-2-6-17(16)26-11-10-25(20(26)28)13-19(27)24-9-3-4-15(12-24)29-18-7-8-22-14-23-18/h1-2,5-8,14-15H,3-4,9-13H2. The van der Waals surface area contributed by atoms with Gasteiger partial charge in [-0.1, -0.05) is 12.1 Å². The van der Waals surface area contributed by atoms with E-state index in [1.807, 2.05) is 0 Å². The second-order valence-corrected chi connectivity index (χ2v) is 7.08. The van der Waals surface area contributed by atoms with E-state index < -0.39 is 5.82 Å². The minimum atomic E-state index is -0.449. The molecule has 29 heavy (non-hydrogen) atoms. The van der Waals surface area contributed by atoms with Crippen molar-refractivity contribution in [3.05, 3.63) is 48.7 Å². The van der Waals surface area contributed by atoms with E-state index in [0.29, 0.717) is 32.1 Å². The van der Waals surface area contributed by atoms with E-state index in [2.05, 4.69) is 9.97 Å².